The zero-order chi connectivity index (χ0) is 12.4. The molecule has 0 spiro atoms. The summed E-state index contributed by atoms with van der Waals surface area (Å²) in [7, 11) is 0. The summed E-state index contributed by atoms with van der Waals surface area (Å²) < 4.78 is 0. The molecular formula is C14H15N3O. The predicted octanol–water partition coefficient (Wildman–Crippen LogP) is 2.83. The van der Waals surface area contributed by atoms with E-state index in [1.54, 1.807) is 6.20 Å². The van der Waals surface area contributed by atoms with E-state index in [2.05, 4.69) is 15.5 Å². The highest BCUT2D eigenvalue weighted by Crippen LogP contribution is 2.18. The van der Waals surface area contributed by atoms with Crippen LogP contribution >= 0.6 is 0 Å². The summed E-state index contributed by atoms with van der Waals surface area (Å²) in [5.74, 6) is -0.146. The molecule has 0 atom stereocenters. The summed E-state index contributed by atoms with van der Waals surface area (Å²) in [5.41, 5.74) is 5.36. The van der Waals surface area contributed by atoms with Gasteiger partial charge in [0.2, 0.25) is 0 Å². The lowest BCUT2D eigenvalue weighted by atomic mass is 10.2. The Balaban J connectivity index is 1.81. The number of benzene rings is 1. The van der Waals surface area contributed by atoms with Gasteiger partial charge in [-0.05, 0) is 31.7 Å². The van der Waals surface area contributed by atoms with Crippen LogP contribution in [-0.4, -0.2) is 16.6 Å². The Bertz CT molecular complexity index is 604. The maximum absolute atomic E-state index is 12.0. The molecule has 2 aromatic rings. The van der Waals surface area contributed by atoms with Crippen LogP contribution in [0.2, 0.25) is 0 Å². The zero-order valence-electron chi connectivity index (χ0n) is 10.1. The van der Waals surface area contributed by atoms with E-state index < -0.39 is 0 Å². The number of para-hydroxylation sites is 1. The maximum Gasteiger partial charge on any atom is 0.273 e. The summed E-state index contributed by atoms with van der Waals surface area (Å²) in [5, 5.41) is 5.12. The minimum atomic E-state index is -0.146. The van der Waals surface area contributed by atoms with Gasteiger partial charge in [-0.25, -0.2) is 5.43 Å². The van der Waals surface area contributed by atoms with Crippen LogP contribution in [-0.2, 0) is 0 Å². The van der Waals surface area contributed by atoms with Crippen molar-refractivity contribution in [2.45, 2.75) is 25.7 Å². The number of hydrogen-bond acceptors (Lipinski definition) is 2. The van der Waals surface area contributed by atoms with Gasteiger partial charge >= 0.3 is 0 Å². The van der Waals surface area contributed by atoms with Gasteiger partial charge in [-0.15, -0.1) is 0 Å². The summed E-state index contributed by atoms with van der Waals surface area (Å²) in [6.45, 7) is 0. The molecule has 0 saturated heterocycles. The molecular weight excluding hydrogens is 226 g/mol. The van der Waals surface area contributed by atoms with Crippen LogP contribution in [0.4, 0.5) is 0 Å². The fourth-order valence-electron chi connectivity index (χ4n) is 2.34. The van der Waals surface area contributed by atoms with Gasteiger partial charge in [0.1, 0.15) is 0 Å². The van der Waals surface area contributed by atoms with E-state index in [1.165, 1.54) is 12.8 Å². The van der Waals surface area contributed by atoms with Gasteiger partial charge in [-0.3, -0.25) is 4.79 Å². The monoisotopic (exact) mass is 241 g/mol. The van der Waals surface area contributed by atoms with Crippen molar-refractivity contribution in [3.8, 4) is 0 Å². The van der Waals surface area contributed by atoms with Gasteiger partial charge in [0.05, 0.1) is 5.56 Å². The van der Waals surface area contributed by atoms with E-state index >= 15 is 0 Å². The molecule has 1 amide bonds. The standard InChI is InChI=1S/C14H15N3O/c18-14(17-16-10-5-1-2-6-10)12-9-15-13-8-4-3-7-11(12)13/h3-4,7-9,15H,1-2,5-6H2,(H,17,18). The van der Waals surface area contributed by atoms with Gasteiger partial charge in [-0.1, -0.05) is 18.2 Å². The molecule has 1 heterocycles. The van der Waals surface area contributed by atoms with Gasteiger partial charge in [0.25, 0.3) is 5.91 Å². The summed E-state index contributed by atoms with van der Waals surface area (Å²) in [6.07, 6.45) is 6.11. The normalized spacial score (nSPS) is 15.0. The largest absolute Gasteiger partial charge is 0.360 e. The first kappa shape index (κ1) is 11.0. The lowest BCUT2D eigenvalue weighted by molar-refractivity contribution is 0.0956. The molecule has 2 N–H and O–H groups in total. The van der Waals surface area contributed by atoms with E-state index in [0.29, 0.717) is 5.56 Å². The van der Waals surface area contributed by atoms with Crippen molar-refractivity contribution in [2.75, 3.05) is 0 Å². The second kappa shape index (κ2) is 4.64. The number of rotatable bonds is 2. The van der Waals surface area contributed by atoms with Crippen LogP contribution < -0.4 is 5.43 Å². The maximum atomic E-state index is 12.0. The van der Waals surface area contributed by atoms with E-state index in [0.717, 1.165) is 29.5 Å². The number of carbonyl (C=O) groups is 1. The summed E-state index contributed by atoms with van der Waals surface area (Å²) >= 11 is 0. The number of amides is 1. The minimum Gasteiger partial charge on any atom is -0.360 e. The number of aromatic nitrogens is 1. The van der Waals surface area contributed by atoms with Crippen molar-refractivity contribution in [1.82, 2.24) is 10.4 Å². The molecule has 0 aliphatic heterocycles. The molecule has 0 bridgehead atoms. The smallest absolute Gasteiger partial charge is 0.273 e. The average molecular weight is 241 g/mol. The summed E-state index contributed by atoms with van der Waals surface area (Å²) in [6, 6.07) is 7.76. The highest BCUT2D eigenvalue weighted by molar-refractivity contribution is 6.07. The Morgan fingerprint density at radius 1 is 1.22 bits per heavy atom. The SMILES string of the molecule is O=C(NN=C1CCCC1)c1c[nH]c2ccccc12. The molecule has 3 rings (SSSR count). The van der Waals surface area contributed by atoms with Crippen molar-refractivity contribution in [1.29, 1.82) is 0 Å². The van der Waals surface area contributed by atoms with Gasteiger partial charge in [0, 0.05) is 22.8 Å². The molecule has 1 aliphatic carbocycles. The van der Waals surface area contributed by atoms with Crippen molar-refractivity contribution in [3.05, 3.63) is 36.0 Å². The second-order valence-corrected chi connectivity index (χ2v) is 4.57. The Morgan fingerprint density at radius 3 is 2.83 bits per heavy atom. The van der Waals surface area contributed by atoms with Gasteiger partial charge in [-0.2, -0.15) is 5.10 Å². The molecule has 1 aromatic carbocycles. The van der Waals surface area contributed by atoms with Crippen molar-refractivity contribution < 1.29 is 4.79 Å². The molecule has 1 aromatic heterocycles. The van der Waals surface area contributed by atoms with Crippen LogP contribution in [0.3, 0.4) is 0 Å². The lowest BCUT2D eigenvalue weighted by Gasteiger charge is -1.99. The van der Waals surface area contributed by atoms with Crippen LogP contribution in [0.5, 0.6) is 0 Å². The number of nitrogens with one attached hydrogen (secondary N) is 2. The number of hydrazone groups is 1. The van der Waals surface area contributed by atoms with Gasteiger partial charge < -0.3 is 4.98 Å². The average Bonchev–Trinajstić information content (AvgIpc) is 3.05. The molecule has 92 valence electrons. The first-order valence-corrected chi connectivity index (χ1v) is 6.26. The second-order valence-electron chi connectivity index (χ2n) is 4.57. The molecule has 1 aliphatic rings. The molecule has 0 radical (unpaired) electrons. The van der Waals surface area contributed by atoms with Crippen LogP contribution in [0, 0.1) is 0 Å². The highest BCUT2D eigenvalue weighted by atomic mass is 16.2. The number of aromatic amines is 1. The fraction of sp³-hybridized carbons (Fsp3) is 0.286. The van der Waals surface area contributed by atoms with E-state index in [1.807, 2.05) is 24.3 Å². The van der Waals surface area contributed by atoms with E-state index in [9.17, 15) is 4.79 Å². The van der Waals surface area contributed by atoms with Gasteiger partial charge in [0.15, 0.2) is 0 Å². The Labute approximate surface area is 105 Å². The van der Waals surface area contributed by atoms with E-state index in [-0.39, 0.29) is 5.91 Å². The first-order valence-electron chi connectivity index (χ1n) is 6.26. The third-order valence-corrected chi connectivity index (χ3v) is 3.33. The predicted molar refractivity (Wildman–Crippen MR) is 71.7 cm³/mol. The Hall–Kier alpha value is -2.10. The van der Waals surface area contributed by atoms with E-state index in [4.69, 9.17) is 0 Å². The molecule has 0 unspecified atom stereocenters. The third kappa shape index (κ3) is 2.01. The summed E-state index contributed by atoms with van der Waals surface area (Å²) in [4.78, 5) is 15.1. The van der Waals surface area contributed by atoms with Crippen molar-refractivity contribution >= 4 is 22.5 Å². The molecule has 4 heteroatoms. The molecule has 1 saturated carbocycles. The van der Waals surface area contributed by atoms with Crippen LogP contribution in [0.25, 0.3) is 10.9 Å². The number of nitrogens with zero attached hydrogens (tertiary/aromatic N) is 1. The Kier molecular flexibility index (Phi) is 2.84. The number of hydrogen-bond donors (Lipinski definition) is 2. The molecule has 1 fully saturated rings. The zero-order valence-corrected chi connectivity index (χ0v) is 10.1. The lowest BCUT2D eigenvalue weighted by Crippen LogP contribution is -2.18. The first-order chi connectivity index (χ1) is 8.84. The topological polar surface area (TPSA) is 57.2 Å². The minimum absolute atomic E-state index is 0.146. The quantitative estimate of drug-likeness (QED) is 0.780. The van der Waals surface area contributed by atoms with Crippen molar-refractivity contribution in [3.63, 3.8) is 0 Å². The van der Waals surface area contributed by atoms with Crippen molar-refractivity contribution in [2.24, 2.45) is 5.10 Å². The van der Waals surface area contributed by atoms with Crippen LogP contribution in [0.1, 0.15) is 36.0 Å². The molecule has 4 nitrogen and oxygen atoms in total. The van der Waals surface area contributed by atoms with Crippen LogP contribution in [0.15, 0.2) is 35.6 Å². The highest BCUT2D eigenvalue weighted by Gasteiger charge is 2.12. The number of carbonyl (C=O) groups excluding carboxylic acids is 1. The number of fused-ring (bicyclic) bond motifs is 1. The fourth-order valence-corrected chi connectivity index (χ4v) is 2.34. The number of H-pyrrole nitrogens is 1. The third-order valence-electron chi connectivity index (χ3n) is 3.33. The Morgan fingerprint density at radius 2 is 2.00 bits per heavy atom. The molecule has 18 heavy (non-hydrogen) atoms.